The minimum absolute atomic E-state index is 0.496. The van der Waals surface area contributed by atoms with Crippen molar-refractivity contribution in [1.82, 2.24) is 0 Å². The van der Waals surface area contributed by atoms with Crippen LogP contribution in [0.15, 0.2) is 49.3 Å². The van der Waals surface area contributed by atoms with Crippen molar-refractivity contribution in [2.75, 3.05) is 0 Å². The quantitative estimate of drug-likeness (QED) is 0.414. The second-order valence-corrected chi connectivity index (χ2v) is 2.80. The van der Waals surface area contributed by atoms with Gasteiger partial charge in [0.2, 0.25) is 0 Å². The van der Waals surface area contributed by atoms with Crippen molar-refractivity contribution < 1.29 is 4.74 Å². The van der Waals surface area contributed by atoms with Crippen LogP contribution in [0.1, 0.15) is 38.8 Å². The molecule has 0 aliphatic carbocycles. The summed E-state index contributed by atoms with van der Waals surface area (Å²) in [5.41, 5.74) is 1.93. The predicted molar refractivity (Wildman–Crippen MR) is 81.2 cm³/mol. The van der Waals surface area contributed by atoms with E-state index in [1.54, 1.807) is 6.08 Å². The molecule has 0 aliphatic heterocycles. The Morgan fingerprint density at radius 1 is 1.22 bits per heavy atom. The van der Waals surface area contributed by atoms with Crippen LogP contribution in [0.4, 0.5) is 0 Å². The molecule has 1 heteroatoms. The van der Waals surface area contributed by atoms with Crippen molar-refractivity contribution in [1.29, 1.82) is 0 Å². The molecule has 1 aromatic carbocycles. The lowest BCUT2D eigenvalue weighted by Crippen LogP contribution is -1.90. The Balaban J connectivity index is 0. The fraction of sp³-hybridized carbons (Fsp3) is 0.294. The monoisotopic (exact) mass is 244 g/mol. The third-order valence-corrected chi connectivity index (χ3v) is 1.77. The van der Waals surface area contributed by atoms with Gasteiger partial charge < -0.3 is 4.74 Å². The van der Waals surface area contributed by atoms with Crippen LogP contribution in [0.2, 0.25) is 0 Å². The molecule has 0 unspecified atom stereocenters. The third-order valence-electron chi connectivity index (χ3n) is 1.77. The zero-order valence-electron chi connectivity index (χ0n) is 12.0. The lowest BCUT2D eigenvalue weighted by molar-refractivity contribution is 0.213. The Morgan fingerprint density at radius 2 is 1.72 bits per heavy atom. The molecule has 0 atom stereocenters. The standard InChI is InChI=1S/C13H12O.2C2H6/c1-4-11(3)14-10-13-8-6-12(5-2)7-9-13;2*1-2/h2,4,6-9H,1,3,10H2;2*1-2H3. The Hall–Kier alpha value is -1.94. The third kappa shape index (κ3) is 8.24. The van der Waals surface area contributed by atoms with Crippen LogP contribution in [0, 0.1) is 12.3 Å². The van der Waals surface area contributed by atoms with Gasteiger partial charge in [0.15, 0.2) is 0 Å². The van der Waals surface area contributed by atoms with E-state index in [1.807, 2.05) is 52.0 Å². The van der Waals surface area contributed by atoms with Gasteiger partial charge in [0.25, 0.3) is 0 Å². The molecule has 0 spiro atoms. The van der Waals surface area contributed by atoms with Crippen molar-refractivity contribution in [3.8, 4) is 12.3 Å². The number of ether oxygens (including phenoxy) is 1. The highest BCUT2D eigenvalue weighted by atomic mass is 16.5. The molecule has 0 saturated heterocycles. The second-order valence-electron chi connectivity index (χ2n) is 2.80. The van der Waals surface area contributed by atoms with Gasteiger partial charge in [0.05, 0.1) is 0 Å². The first-order valence-electron chi connectivity index (χ1n) is 6.26. The zero-order chi connectivity index (χ0) is 14.4. The van der Waals surface area contributed by atoms with Gasteiger partial charge in [0.1, 0.15) is 12.4 Å². The van der Waals surface area contributed by atoms with Crippen molar-refractivity contribution in [3.63, 3.8) is 0 Å². The van der Waals surface area contributed by atoms with Crippen molar-refractivity contribution in [2.45, 2.75) is 34.3 Å². The number of hydrogen-bond donors (Lipinski definition) is 0. The maximum absolute atomic E-state index is 5.29. The molecular weight excluding hydrogens is 220 g/mol. The molecule has 0 aromatic heterocycles. The number of terminal acetylenes is 1. The molecular formula is C17H24O. The van der Waals surface area contributed by atoms with E-state index in [-0.39, 0.29) is 0 Å². The summed E-state index contributed by atoms with van der Waals surface area (Å²) in [6, 6.07) is 7.64. The maximum atomic E-state index is 5.29. The molecule has 0 bridgehead atoms. The Kier molecular flexibility index (Phi) is 13.4. The minimum atomic E-state index is 0.496. The first-order chi connectivity index (χ1) is 8.76. The van der Waals surface area contributed by atoms with Crippen molar-refractivity contribution in [2.24, 2.45) is 0 Å². The van der Waals surface area contributed by atoms with Crippen molar-refractivity contribution in [3.05, 3.63) is 60.4 Å². The van der Waals surface area contributed by atoms with Crippen LogP contribution < -0.4 is 0 Å². The summed E-state index contributed by atoms with van der Waals surface area (Å²) in [5, 5.41) is 0. The molecule has 0 radical (unpaired) electrons. The molecule has 0 N–H and O–H groups in total. The summed E-state index contributed by atoms with van der Waals surface area (Å²) in [4.78, 5) is 0. The van der Waals surface area contributed by atoms with Gasteiger partial charge >= 0.3 is 0 Å². The van der Waals surface area contributed by atoms with E-state index in [2.05, 4.69) is 19.1 Å². The highest BCUT2D eigenvalue weighted by molar-refractivity contribution is 5.34. The summed E-state index contributed by atoms with van der Waals surface area (Å²) < 4.78 is 5.29. The lowest BCUT2D eigenvalue weighted by atomic mass is 10.1. The highest BCUT2D eigenvalue weighted by Gasteiger charge is 1.93. The molecule has 1 nitrogen and oxygen atoms in total. The van der Waals surface area contributed by atoms with E-state index in [0.717, 1.165) is 11.1 Å². The topological polar surface area (TPSA) is 9.23 Å². The van der Waals surface area contributed by atoms with Crippen LogP contribution in [0.5, 0.6) is 0 Å². The summed E-state index contributed by atoms with van der Waals surface area (Å²) in [6.45, 7) is 15.7. The lowest BCUT2D eigenvalue weighted by Gasteiger charge is -2.05. The van der Waals surface area contributed by atoms with Crippen LogP contribution >= 0.6 is 0 Å². The summed E-state index contributed by atoms with van der Waals surface area (Å²) >= 11 is 0. The smallest absolute Gasteiger partial charge is 0.113 e. The second kappa shape index (κ2) is 13.1. The molecule has 0 saturated carbocycles. The maximum Gasteiger partial charge on any atom is 0.113 e. The molecule has 1 aromatic rings. The summed E-state index contributed by atoms with van der Waals surface area (Å²) in [7, 11) is 0. The number of allylic oxidation sites excluding steroid dienone is 1. The van der Waals surface area contributed by atoms with Crippen LogP contribution in [-0.2, 0) is 11.3 Å². The Labute approximate surface area is 112 Å². The Morgan fingerprint density at radius 3 is 2.11 bits per heavy atom. The molecule has 98 valence electrons. The van der Waals surface area contributed by atoms with Crippen molar-refractivity contribution >= 4 is 0 Å². The van der Waals surface area contributed by atoms with Gasteiger partial charge in [0, 0.05) is 5.56 Å². The van der Waals surface area contributed by atoms with Gasteiger partial charge in [-0.15, -0.1) is 6.42 Å². The van der Waals surface area contributed by atoms with E-state index in [1.165, 1.54) is 0 Å². The Bertz CT molecular complexity index is 366. The molecule has 18 heavy (non-hydrogen) atoms. The van der Waals surface area contributed by atoms with Gasteiger partial charge in [-0.05, 0) is 23.8 Å². The fourth-order valence-electron chi connectivity index (χ4n) is 0.932. The van der Waals surface area contributed by atoms with E-state index < -0.39 is 0 Å². The predicted octanol–water partition coefficient (Wildman–Crippen LogP) is 4.94. The van der Waals surface area contributed by atoms with E-state index in [0.29, 0.717) is 12.4 Å². The normalized spacial score (nSPS) is 7.50. The average molecular weight is 244 g/mol. The first-order valence-corrected chi connectivity index (χ1v) is 6.26. The van der Waals surface area contributed by atoms with Crippen LogP contribution in [-0.4, -0.2) is 0 Å². The van der Waals surface area contributed by atoms with Gasteiger partial charge in [-0.2, -0.15) is 0 Å². The molecule has 0 amide bonds. The molecule has 1 rings (SSSR count). The molecule has 0 fully saturated rings. The number of benzene rings is 1. The minimum Gasteiger partial charge on any atom is -0.490 e. The average Bonchev–Trinajstić information content (AvgIpc) is 2.49. The zero-order valence-corrected chi connectivity index (χ0v) is 12.0. The van der Waals surface area contributed by atoms with E-state index >= 15 is 0 Å². The van der Waals surface area contributed by atoms with Crippen LogP contribution in [0.25, 0.3) is 0 Å². The van der Waals surface area contributed by atoms with Gasteiger partial charge in [-0.3, -0.25) is 0 Å². The SMILES string of the molecule is C#Cc1ccc(COC(=C)C=C)cc1.CC.CC. The van der Waals surface area contributed by atoms with Crippen LogP contribution in [0.3, 0.4) is 0 Å². The van der Waals surface area contributed by atoms with E-state index in [4.69, 9.17) is 11.2 Å². The van der Waals surface area contributed by atoms with Gasteiger partial charge in [-0.1, -0.05) is 58.9 Å². The summed E-state index contributed by atoms with van der Waals surface area (Å²) in [6.07, 6.45) is 6.81. The summed E-state index contributed by atoms with van der Waals surface area (Å²) in [5.74, 6) is 3.13. The molecule has 0 heterocycles. The first kappa shape index (κ1) is 18.4. The number of hydrogen-bond acceptors (Lipinski definition) is 1. The highest BCUT2D eigenvalue weighted by Crippen LogP contribution is 2.07. The van der Waals surface area contributed by atoms with E-state index in [9.17, 15) is 0 Å². The molecule has 0 aliphatic rings. The number of rotatable bonds is 4. The largest absolute Gasteiger partial charge is 0.490 e. The fourth-order valence-corrected chi connectivity index (χ4v) is 0.932. The van der Waals surface area contributed by atoms with Gasteiger partial charge in [-0.25, -0.2) is 0 Å².